The number of rotatable bonds is 7. The third kappa shape index (κ3) is 4.14. The summed E-state index contributed by atoms with van der Waals surface area (Å²) in [5.41, 5.74) is 4.65. The van der Waals surface area contributed by atoms with Gasteiger partial charge in [0.2, 0.25) is 18.3 Å². The molecule has 0 radical (unpaired) electrons. The molecule has 4 aromatic rings. The van der Waals surface area contributed by atoms with E-state index in [4.69, 9.17) is 28.4 Å². The van der Waals surface area contributed by atoms with Crippen molar-refractivity contribution < 1.29 is 33.2 Å². The predicted molar refractivity (Wildman–Crippen MR) is 145 cm³/mol. The lowest BCUT2D eigenvalue weighted by Gasteiger charge is -2.30. The quantitative estimate of drug-likeness (QED) is 0.344. The van der Waals surface area contributed by atoms with Crippen LogP contribution >= 0.6 is 0 Å². The molecule has 0 spiro atoms. The van der Waals surface area contributed by atoms with E-state index in [0.29, 0.717) is 66.1 Å². The van der Waals surface area contributed by atoms with Gasteiger partial charge in [-0.25, -0.2) is 0 Å². The molecule has 202 valence electrons. The summed E-state index contributed by atoms with van der Waals surface area (Å²) < 4.78 is 35.6. The Morgan fingerprint density at radius 2 is 1.67 bits per heavy atom. The van der Waals surface area contributed by atoms with Gasteiger partial charge in [-0.2, -0.15) is 0 Å². The first-order chi connectivity index (χ1) is 19.1. The summed E-state index contributed by atoms with van der Waals surface area (Å²) in [5.74, 6) is 3.62. The van der Waals surface area contributed by atoms with Crippen molar-refractivity contribution in [2.24, 2.45) is 0 Å². The molecule has 2 aliphatic rings. The summed E-state index contributed by atoms with van der Waals surface area (Å²) >= 11 is 0. The first-order valence-electron chi connectivity index (χ1n) is 12.7. The standard InChI is InChI=1S/C30H30N2O7/c1-34-24-11-18(12-25(35-2)28(24)37-4)14-32-16-22(20-7-5-6-8-23(20)32)30(33)31-10-9-19-13-26-29(39-17-38-26)27(36-3)21(19)15-31/h5-8,11-13,16H,9-10,14-15,17H2,1-4H3. The number of hydrogen-bond donors (Lipinski definition) is 0. The van der Waals surface area contributed by atoms with Crippen molar-refractivity contribution in [3.63, 3.8) is 0 Å². The normalized spacial score (nSPS) is 13.8. The molecule has 9 heteroatoms. The Bertz CT molecular complexity index is 1550. The molecule has 2 aliphatic heterocycles. The van der Waals surface area contributed by atoms with Gasteiger partial charge in [0.1, 0.15) is 0 Å². The van der Waals surface area contributed by atoms with Crippen molar-refractivity contribution in [2.75, 3.05) is 41.8 Å². The van der Waals surface area contributed by atoms with Gasteiger partial charge in [-0.15, -0.1) is 0 Å². The van der Waals surface area contributed by atoms with Gasteiger partial charge in [-0.1, -0.05) is 18.2 Å². The minimum atomic E-state index is -0.0276. The maximum absolute atomic E-state index is 14.0. The van der Waals surface area contributed by atoms with E-state index in [0.717, 1.165) is 27.6 Å². The zero-order valence-electron chi connectivity index (χ0n) is 22.4. The van der Waals surface area contributed by atoms with Gasteiger partial charge >= 0.3 is 0 Å². The summed E-state index contributed by atoms with van der Waals surface area (Å²) in [6, 6.07) is 13.8. The van der Waals surface area contributed by atoms with Crippen LogP contribution in [0.4, 0.5) is 0 Å². The third-order valence-corrected chi connectivity index (χ3v) is 7.40. The Balaban J connectivity index is 1.34. The third-order valence-electron chi connectivity index (χ3n) is 7.40. The van der Waals surface area contributed by atoms with Crippen LogP contribution in [-0.2, 0) is 19.5 Å². The highest BCUT2D eigenvalue weighted by molar-refractivity contribution is 6.07. The minimum Gasteiger partial charge on any atom is -0.493 e. The molecular formula is C30H30N2O7. The predicted octanol–water partition coefficient (Wildman–Crippen LogP) is 4.65. The van der Waals surface area contributed by atoms with Gasteiger partial charge in [-0.05, 0) is 41.8 Å². The second-order valence-corrected chi connectivity index (χ2v) is 9.48. The number of carbonyl (C=O) groups is 1. The molecule has 0 bridgehead atoms. The molecule has 3 aromatic carbocycles. The Kier molecular flexibility index (Phi) is 6.34. The van der Waals surface area contributed by atoms with Crippen molar-refractivity contribution in [2.45, 2.75) is 19.5 Å². The Morgan fingerprint density at radius 3 is 2.38 bits per heavy atom. The molecule has 0 saturated carbocycles. The summed E-state index contributed by atoms with van der Waals surface area (Å²) in [6.07, 6.45) is 2.64. The van der Waals surface area contributed by atoms with Crippen molar-refractivity contribution >= 4 is 16.8 Å². The van der Waals surface area contributed by atoms with Crippen LogP contribution in [0.5, 0.6) is 34.5 Å². The maximum atomic E-state index is 14.0. The summed E-state index contributed by atoms with van der Waals surface area (Å²) in [7, 11) is 6.40. The highest BCUT2D eigenvalue weighted by Gasteiger charge is 2.31. The lowest BCUT2D eigenvalue weighted by atomic mass is 9.97. The van der Waals surface area contributed by atoms with Crippen molar-refractivity contribution in [3.05, 3.63) is 70.9 Å². The number of ether oxygens (including phenoxy) is 6. The molecule has 6 rings (SSSR count). The molecular weight excluding hydrogens is 500 g/mol. The number of carbonyl (C=O) groups excluding carboxylic acids is 1. The van der Waals surface area contributed by atoms with Gasteiger partial charge in [0.25, 0.3) is 5.91 Å². The number of fused-ring (bicyclic) bond motifs is 3. The highest BCUT2D eigenvalue weighted by Crippen LogP contribution is 2.46. The zero-order valence-corrected chi connectivity index (χ0v) is 22.4. The van der Waals surface area contributed by atoms with Gasteiger partial charge in [0.05, 0.1) is 40.5 Å². The van der Waals surface area contributed by atoms with Gasteiger partial charge in [0, 0.05) is 35.8 Å². The van der Waals surface area contributed by atoms with Crippen LogP contribution in [-0.4, -0.2) is 57.2 Å². The van der Waals surface area contributed by atoms with Crippen LogP contribution in [0.2, 0.25) is 0 Å². The van der Waals surface area contributed by atoms with Crippen LogP contribution in [0, 0.1) is 0 Å². The van der Waals surface area contributed by atoms with E-state index >= 15 is 0 Å². The first-order valence-corrected chi connectivity index (χ1v) is 12.7. The van der Waals surface area contributed by atoms with Gasteiger partial charge in [-0.3, -0.25) is 4.79 Å². The molecule has 0 saturated heterocycles. The van der Waals surface area contributed by atoms with Crippen molar-refractivity contribution in [1.82, 2.24) is 9.47 Å². The number of amides is 1. The Labute approximate surface area is 226 Å². The highest BCUT2D eigenvalue weighted by atomic mass is 16.7. The molecule has 0 aliphatic carbocycles. The first kappa shape index (κ1) is 24.8. The topological polar surface area (TPSA) is 80.6 Å². The summed E-state index contributed by atoms with van der Waals surface area (Å²) in [6.45, 7) is 1.72. The van der Waals surface area contributed by atoms with Crippen LogP contribution in [0.25, 0.3) is 10.9 Å². The van der Waals surface area contributed by atoms with Crippen molar-refractivity contribution in [3.8, 4) is 34.5 Å². The number of methoxy groups -OCH3 is 4. The lowest BCUT2D eigenvalue weighted by molar-refractivity contribution is 0.0734. The second kappa shape index (κ2) is 9.98. The fourth-order valence-corrected chi connectivity index (χ4v) is 5.55. The Hall–Kier alpha value is -4.53. The average molecular weight is 531 g/mol. The van der Waals surface area contributed by atoms with Crippen LogP contribution in [0.3, 0.4) is 0 Å². The molecule has 0 atom stereocenters. The van der Waals surface area contributed by atoms with E-state index in [1.54, 1.807) is 28.4 Å². The molecule has 1 aromatic heterocycles. The molecule has 0 N–H and O–H groups in total. The van der Waals surface area contributed by atoms with Crippen LogP contribution in [0.15, 0.2) is 48.7 Å². The zero-order chi connectivity index (χ0) is 27.1. The van der Waals surface area contributed by atoms with Crippen LogP contribution in [0.1, 0.15) is 27.0 Å². The van der Waals surface area contributed by atoms with E-state index in [-0.39, 0.29) is 12.7 Å². The second-order valence-electron chi connectivity index (χ2n) is 9.48. The van der Waals surface area contributed by atoms with E-state index in [1.807, 2.05) is 53.6 Å². The molecule has 0 unspecified atom stereocenters. The number of nitrogens with zero attached hydrogens (tertiary/aromatic N) is 2. The van der Waals surface area contributed by atoms with E-state index in [2.05, 4.69) is 4.57 Å². The summed E-state index contributed by atoms with van der Waals surface area (Å²) in [5, 5.41) is 0.901. The molecule has 3 heterocycles. The Morgan fingerprint density at radius 1 is 0.923 bits per heavy atom. The monoisotopic (exact) mass is 530 g/mol. The van der Waals surface area contributed by atoms with E-state index in [9.17, 15) is 4.79 Å². The lowest BCUT2D eigenvalue weighted by Crippen LogP contribution is -2.36. The fraction of sp³-hybridized carbons (Fsp3) is 0.300. The largest absolute Gasteiger partial charge is 0.493 e. The molecule has 0 fully saturated rings. The number of aromatic nitrogens is 1. The van der Waals surface area contributed by atoms with Gasteiger partial charge < -0.3 is 37.9 Å². The van der Waals surface area contributed by atoms with E-state index in [1.165, 1.54) is 0 Å². The molecule has 9 nitrogen and oxygen atoms in total. The SMILES string of the molecule is COc1cc(Cn2cc(C(=O)N3CCc4cc5c(c(OC)c4C3)OCO5)c3ccccc32)cc(OC)c1OC. The van der Waals surface area contributed by atoms with Crippen LogP contribution < -0.4 is 28.4 Å². The fourth-order valence-electron chi connectivity index (χ4n) is 5.55. The number of benzene rings is 3. The smallest absolute Gasteiger partial charge is 0.256 e. The molecule has 39 heavy (non-hydrogen) atoms. The minimum absolute atomic E-state index is 0.0276. The van der Waals surface area contributed by atoms with Gasteiger partial charge in [0.15, 0.2) is 23.0 Å². The summed E-state index contributed by atoms with van der Waals surface area (Å²) in [4.78, 5) is 15.8. The van der Waals surface area contributed by atoms with Crippen molar-refractivity contribution in [1.29, 1.82) is 0 Å². The van der Waals surface area contributed by atoms with E-state index < -0.39 is 0 Å². The average Bonchev–Trinajstić information content (AvgIpc) is 3.59. The number of hydrogen-bond acceptors (Lipinski definition) is 7. The maximum Gasteiger partial charge on any atom is 0.256 e. The molecule has 1 amide bonds. The number of para-hydroxylation sites is 1.